The van der Waals surface area contributed by atoms with Crippen LogP contribution in [0, 0.1) is 0 Å². The first-order chi connectivity index (χ1) is 13.5. The molecule has 0 saturated heterocycles. The SMILES string of the molecule is Oc1ccc2nc(-c3ccc(Cl)nc3)sc2c1.Oc1ccc2nc(Br)sc2c1. The molecule has 0 radical (unpaired) electrons. The van der Waals surface area contributed by atoms with E-state index in [9.17, 15) is 5.11 Å². The van der Waals surface area contributed by atoms with E-state index in [0.29, 0.717) is 5.15 Å². The second-order valence-corrected chi connectivity index (χ2v) is 9.38. The van der Waals surface area contributed by atoms with Gasteiger partial charge in [0.15, 0.2) is 3.92 Å². The lowest BCUT2D eigenvalue weighted by molar-refractivity contribution is 0.475. The van der Waals surface area contributed by atoms with Gasteiger partial charge in [0, 0.05) is 11.8 Å². The summed E-state index contributed by atoms with van der Waals surface area (Å²) in [4.78, 5) is 12.7. The summed E-state index contributed by atoms with van der Waals surface area (Å²) in [6.45, 7) is 0. The Bertz CT molecular complexity index is 1270. The fourth-order valence-electron chi connectivity index (χ4n) is 2.42. The molecule has 0 atom stereocenters. The number of hydrogen-bond acceptors (Lipinski definition) is 7. The molecule has 5 aromatic rings. The van der Waals surface area contributed by atoms with Crippen LogP contribution < -0.4 is 0 Å². The molecular formula is C19H11BrClN3O2S2. The van der Waals surface area contributed by atoms with Crippen LogP contribution in [0.5, 0.6) is 11.5 Å². The van der Waals surface area contributed by atoms with E-state index in [4.69, 9.17) is 16.7 Å². The Kier molecular flexibility index (Phi) is 5.45. The van der Waals surface area contributed by atoms with Crippen molar-refractivity contribution < 1.29 is 10.2 Å². The van der Waals surface area contributed by atoms with Gasteiger partial charge in [-0.3, -0.25) is 0 Å². The molecule has 5 rings (SSSR count). The van der Waals surface area contributed by atoms with E-state index < -0.39 is 0 Å². The first-order valence-corrected chi connectivity index (χ1v) is 10.7. The number of fused-ring (bicyclic) bond motifs is 2. The van der Waals surface area contributed by atoms with E-state index in [1.165, 1.54) is 22.7 Å². The van der Waals surface area contributed by atoms with Crippen molar-refractivity contribution in [3.63, 3.8) is 0 Å². The van der Waals surface area contributed by atoms with Gasteiger partial charge < -0.3 is 10.2 Å². The van der Waals surface area contributed by atoms with Gasteiger partial charge in [0.05, 0.1) is 20.4 Å². The Morgan fingerprint density at radius 2 is 1.46 bits per heavy atom. The zero-order valence-corrected chi connectivity index (χ0v) is 18.0. The molecule has 140 valence electrons. The molecule has 5 nitrogen and oxygen atoms in total. The van der Waals surface area contributed by atoms with E-state index in [-0.39, 0.29) is 11.5 Å². The molecule has 0 aliphatic heterocycles. The minimum Gasteiger partial charge on any atom is -0.508 e. The lowest BCUT2D eigenvalue weighted by Crippen LogP contribution is -1.78. The van der Waals surface area contributed by atoms with Gasteiger partial charge >= 0.3 is 0 Å². The molecule has 0 saturated carbocycles. The number of aromatic hydroxyl groups is 2. The number of rotatable bonds is 1. The summed E-state index contributed by atoms with van der Waals surface area (Å²) in [6.07, 6.45) is 1.69. The second kappa shape index (κ2) is 8.00. The highest BCUT2D eigenvalue weighted by Crippen LogP contribution is 2.32. The lowest BCUT2D eigenvalue weighted by Gasteiger charge is -1.93. The molecule has 0 spiro atoms. The molecule has 28 heavy (non-hydrogen) atoms. The lowest BCUT2D eigenvalue weighted by atomic mass is 10.3. The zero-order chi connectivity index (χ0) is 19.7. The van der Waals surface area contributed by atoms with Crippen molar-refractivity contribution in [1.29, 1.82) is 0 Å². The van der Waals surface area contributed by atoms with E-state index in [2.05, 4.69) is 30.9 Å². The van der Waals surface area contributed by atoms with Gasteiger partial charge in [-0.25, -0.2) is 15.0 Å². The minimum atomic E-state index is 0.252. The summed E-state index contributed by atoms with van der Waals surface area (Å²) in [7, 11) is 0. The van der Waals surface area contributed by atoms with Crippen LogP contribution in [0.15, 0.2) is 58.6 Å². The summed E-state index contributed by atoms with van der Waals surface area (Å²) >= 11 is 12.0. The van der Waals surface area contributed by atoms with E-state index >= 15 is 0 Å². The molecular weight excluding hydrogens is 482 g/mol. The largest absolute Gasteiger partial charge is 0.508 e. The molecule has 9 heteroatoms. The molecule has 0 aliphatic rings. The van der Waals surface area contributed by atoms with Crippen LogP contribution in [-0.2, 0) is 0 Å². The van der Waals surface area contributed by atoms with Gasteiger partial charge in [0.1, 0.15) is 21.7 Å². The van der Waals surface area contributed by atoms with Crippen LogP contribution in [0.2, 0.25) is 5.15 Å². The van der Waals surface area contributed by atoms with Crippen LogP contribution in [0.1, 0.15) is 0 Å². The monoisotopic (exact) mass is 491 g/mol. The summed E-state index contributed by atoms with van der Waals surface area (Å²) < 4.78 is 2.80. The number of halogens is 2. The zero-order valence-electron chi connectivity index (χ0n) is 14.0. The Labute approximate surface area is 181 Å². The van der Waals surface area contributed by atoms with Gasteiger partial charge in [0.2, 0.25) is 0 Å². The van der Waals surface area contributed by atoms with Crippen LogP contribution in [-0.4, -0.2) is 25.2 Å². The summed E-state index contributed by atoms with van der Waals surface area (Å²) in [5, 5.41) is 19.8. The number of hydrogen-bond donors (Lipinski definition) is 2. The van der Waals surface area contributed by atoms with E-state index in [1.54, 1.807) is 48.7 Å². The molecule has 0 amide bonds. The molecule has 0 fully saturated rings. The molecule has 3 aromatic heterocycles. The normalized spacial score (nSPS) is 10.8. The number of aromatic nitrogens is 3. The third-order valence-corrected chi connectivity index (χ3v) is 6.45. The summed E-state index contributed by atoms with van der Waals surface area (Å²) in [5.74, 6) is 0.538. The fraction of sp³-hybridized carbons (Fsp3) is 0. The van der Waals surface area contributed by atoms with Crippen LogP contribution in [0.4, 0.5) is 0 Å². The number of phenols is 2. The third-order valence-electron chi connectivity index (χ3n) is 3.69. The van der Waals surface area contributed by atoms with Crippen molar-refractivity contribution in [3.8, 4) is 22.1 Å². The highest BCUT2D eigenvalue weighted by molar-refractivity contribution is 9.11. The number of thiazole rings is 2. The fourth-order valence-corrected chi connectivity index (χ4v) is 4.96. The average Bonchev–Trinajstić information content (AvgIpc) is 3.24. The van der Waals surface area contributed by atoms with Crippen molar-refractivity contribution in [2.24, 2.45) is 0 Å². The van der Waals surface area contributed by atoms with E-state index in [0.717, 1.165) is 34.9 Å². The number of nitrogens with zero attached hydrogens (tertiary/aromatic N) is 3. The Morgan fingerprint density at radius 1 is 0.821 bits per heavy atom. The second-order valence-electron chi connectivity index (χ2n) is 5.66. The summed E-state index contributed by atoms with van der Waals surface area (Å²) in [5.41, 5.74) is 2.72. The van der Waals surface area contributed by atoms with Gasteiger partial charge in [-0.15, -0.1) is 22.7 Å². The first kappa shape index (κ1) is 19.1. The Balaban J connectivity index is 0.000000151. The topological polar surface area (TPSA) is 79.1 Å². The molecule has 0 bridgehead atoms. The molecule has 2 N–H and O–H groups in total. The van der Waals surface area contributed by atoms with Crippen molar-refractivity contribution in [2.75, 3.05) is 0 Å². The Morgan fingerprint density at radius 3 is 2.11 bits per heavy atom. The van der Waals surface area contributed by atoms with Crippen LogP contribution >= 0.6 is 50.2 Å². The van der Waals surface area contributed by atoms with Crippen LogP contribution in [0.25, 0.3) is 31.0 Å². The summed E-state index contributed by atoms with van der Waals surface area (Å²) in [6, 6.07) is 13.9. The van der Waals surface area contributed by atoms with Crippen molar-refractivity contribution >= 4 is 70.6 Å². The highest BCUT2D eigenvalue weighted by Gasteiger charge is 2.07. The standard InChI is InChI=1S/C12H7ClN2OS.C7H4BrNOS/c13-11-4-1-7(6-14-11)12-15-9-3-2-8(16)5-10(9)17-12;8-7-9-5-2-1-4(10)3-6(5)11-7/h1-6,16H;1-3,10H. The van der Waals surface area contributed by atoms with Gasteiger partial charge in [0.25, 0.3) is 0 Å². The van der Waals surface area contributed by atoms with Gasteiger partial charge in [-0.1, -0.05) is 11.6 Å². The van der Waals surface area contributed by atoms with Crippen molar-refractivity contribution in [3.05, 3.63) is 63.8 Å². The molecule has 3 heterocycles. The van der Waals surface area contributed by atoms with Crippen LogP contribution in [0.3, 0.4) is 0 Å². The maximum absolute atomic E-state index is 9.40. The van der Waals surface area contributed by atoms with Gasteiger partial charge in [-0.2, -0.15) is 0 Å². The quantitative estimate of drug-likeness (QED) is 0.262. The molecule has 0 aliphatic carbocycles. The maximum Gasteiger partial charge on any atom is 0.160 e. The number of pyridine rings is 1. The minimum absolute atomic E-state index is 0.252. The first-order valence-electron chi connectivity index (χ1n) is 7.94. The predicted molar refractivity (Wildman–Crippen MR) is 119 cm³/mol. The maximum atomic E-state index is 9.40. The third kappa shape index (κ3) is 4.25. The number of benzene rings is 2. The Hall–Kier alpha value is -2.26. The van der Waals surface area contributed by atoms with E-state index in [1.807, 2.05) is 6.07 Å². The molecule has 0 unspecified atom stereocenters. The number of phenolic OH excluding ortho intramolecular Hbond substituents is 2. The highest BCUT2D eigenvalue weighted by atomic mass is 79.9. The predicted octanol–water partition coefficient (Wildman–Crippen LogP) is 6.48. The molecule has 2 aromatic carbocycles. The van der Waals surface area contributed by atoms with Gasteiger partial charge in [-0.05, 0) is 64.5 Å². The average molecular weight is 493 g/mol. The smallest absolute Gasteiger partial charge is 0.160 e. The van der Waals surface area contributed by atoms with Crippen molar-refractivity contribution in [1.82, 2.24) is 15.0 Å². The van der Waals surface area contributed by atoms with Crippen molar-refractivity contribution in [2.45, 2.75) is 0 Å².